The van der Waals surface area contributed by atoms with Crippen LogP contribution in [0.15, 0.2) is 17.8 Å². The SMILES string of the molecule is Cc1ncsc1CN1Cc2ccnn2[C@@H](CCNC(=O)N2CCCC2)C1. The lowest BCUT2D eigenvalue weighted by Gasteiger charge is -2.34. The summed E-state index contributed by atoms with van der Waals surface area (Å²) in [5.41, 5.74) is 4.29. The van der Waals surface area contributed by atoms with Crippen molar-refractivity contribution in [3.63, 3.8) is 0 Å². The summed E-state index contributed by atoms with van der Waals surface area (Å²) in [6.45, 7) is 7.33. The van der Waals surface area contributed by atoms with E-state index >= 15 is 0 Å². The first-order valence-corrected chi connectivity index (χ1v) is 10.2. The van der Waals surface area contributed by atoms with E-state index in [2.05, 4.69) is 38.0 Å². The highest BCUT2D eigenvalue weighted by Crippen LogP contribution is 2.25. The van der Waals surface area contributed by atoms with Crippen LogP contribution in [0.2, 0.25) is 0 Å². The summed E-state index contributed by atoms with van der Waals surface area (Å²) in [5, 5.41) is 7.60. The lowest BCUT2D eigenvalue weighted by atomic mass is 10.1. The van der Waals surface area contributed by atoms with Gasteiger partial charge in [-0.2, -0.15) is 5.10 Å². The van der Waals surface area contributed by atoms with Crippen LogP contribution in [0.1, 0.15) is 41.6 Å². The van der Waals surface area contributed by atoms with E-state index in [0.29, 0.717) is 12.6 Å². The maximum absolute atomic E-state index is 12.2. The van der Waals surface area contributed by atoms with Crippen LogP contribution in [-0.4, -0.2) is 56.8 Å². The Bertz CT molecular complexity index is 750. The van der Waals surface area contributed by atoms with Gasteiger partial charge in [0.15, 0.2) is 0 Å². The van der Waals surface area contributed by atoms with E-state index < -0.39 is 0 Å². The second-order valence-corrected chi connectivity index (χ2v) is 8.11. The Morgan fingerprint density at radius 3 is 3.00 bits per heavy atom. The molecule has 0 aliphatic carbocycles. The molecule has 0 bridgehead atoms. The molecule has 2 aliphatic heterocycles. The maximum Gasteiger partial charge on any atom is 0.317 e. The summed E-state index contributed by atoms with van der Waals surface area (Å²) >= 11 is 1.73. The van der Waals surface area contributed by atoms with Crippen LogP contribution in [0.25, 0.3) is 0 Å². The molecule has 0 saturated carbocycles. The van der Waals surface area contributed by atoms with Crippen LogP contribution in [0.4, 0.5) is 4.79 Å². The second kappa shape index (κ2) is 7.75. The number of rotatable bonds is 5. The summed E-state index contributed by atoms with van der Waals surface area (Å²) in [6.07, 6.45) is 5.02. The van der Waals surface area contributed by atoms with E-state index in [1.165, 1.54) is 10.6 Å². The molecule has 0 spiro atoms. The van der Waals surface area contributed by atoms with E-state index in [-0.39, 0.29) is 6.03 Å². The zero-order chi connectivity index (χ0) is 17.9. The number of nitrogens with one attached hydrogen (secondary N) is 1. The molecule has 140 valence electrons. The van der Waals surface area contributed by atoms with Crippen LogP contribution in [-0.2, 0) is 13.1 Å². The minimum atomic E-state index is 0.0798. The van der Waals surface area contributed by atoms with E-state index in [4.69, 9.17) is 0 Å². The number of likely N-dealkylation sites (tertiary alicyclic amines) is 1. The van der Waals surface area contributed by atoms with Crippen molar-refractivity contribution in [2.24, 2.45) is 0 Å². The summed E-state index contributed by atoms with van der Waals surface area (Å²) in [7, 11) is 0. The third-order valence-corrected chi connectivity index (χ3v) is 6.23. The largest absolute Gasteiger partial charge is 0.338 e. The van der Waals surface area contributed by atoms with Gasteiger partial charge in [0, 0.05) is 50.3 Å². The van der Waals surface area contributed by atoms with E-state index in [1.807, 2.05) is 16.6 Å². The summed E-state index contributed by atoms with van der Waals surface area (Å²) in [5.74, 6) is 0. The first kappa shape index (κ1) is 17.5. The minimum Gasteiger partial charge on any atom is -0.338 e. The van der Waals surface area contributed by atoms with Gasteiger partial charge in [-0.1, -0.05) is 0 Å². The number of fused-ring (bicyclic) bond motifs is 1. The molecule has 4 rings (SSSR count). The van der Waals surface area contributed by atoms with Gasteiger partial charge in [-0.15, -0.1) is 11.3 Å². The van der Waals surface area contributed by atoms with Gasteiger partial charge < -0.3 is 10.2 Å². The van der Waals surface area contributed by atoms with E-state index in [1.54, 1.807) is 11.3 Å². The van der Waals surface area contributed by atoms with Crippen molar-refractivity contribution in [3.8, 4) is 0 Å². The topological polar surface area (TPSA) is 66.3 Å². The van der Waals surface area contributed by atoms with Crippen molar-refractivity contribution >= 4 is 17.4 Å². The maximum atomic E-state index is 12.2. The number of carbonyl (C=O) groups excluding carboxylic acids is 1. The van der Waals surface area contributed by atoms with Gasteiger partial charge in [0.1, 0.15) is 0 Å². The van der Waals surface area contributed by atoms with Crippen LogP contribution in [0.5, 0.6) is 0 Å². The van der Waals surface area contributed by atoms with Crippen LogP contribution >= 0.6 is 11.3 Å². The highest BCUT2D eigenvalue weighted by molar-refractivity contribution is 7.09. The molecule has 0 unspecified atom stereocenters. The van der Waals surface area contributed by atoms with Gasteiger partial charge in [0.2, 0.25) is 0 Å². The molecule has 2 aromatic rings. The van der Waals surface area contributed by atoms with E-state index in [0.717, 1.165) is 57.7 Å². The zero-order valence-electron chi connectivity index (χ0n) is 15.2. The lowest BCUT2D eigenvalue weighted by Crippen LogP contribution is -2.41. The standard InChI is InChI=1S/C18H26N6OS/c1-14-17(26-13-20-14)12-22-10-15(24-16(11-22)5-7-21-24)4-6-19-18(25)23-8-2-3-9-23/h5,7,13,15H,2-4,6,8-12H2,1H3,(H,19,25)/t15-/m0/s1. The molecule has 1 fully saturated rings. The Kier molecular flexibility index (Phi) is 5.21. The van der Waals surface area contributed by atoms with E-state index in [9.17, 15) is 4.79 Å². The van der Waals surface area contributed by atoms with Crippen LogP contribution in [0, 0.1) is 6.92 Å². The van der Waals surface area contributed by atoms with Crippen molar-refractivity contribution in [2.75, 3.05) is 26.2 Å². The lowest BCUT2D eigenvalue weighted by molar-refractivity contribution is 0.161. The number of urea groups is 1. The minimum absolute atomic E-state index is 0.0798. The Morgan fingerprint density at radius 2 is 2.23 bits per heavy atom. The fourth-order valence-electron chi connectivity index (χ4n) is 3.86. The van der Waals surface area contributed by atoms with Gasteiger partial charge in [0.25, 0.3) is 0 Å². The van der Waals surface area contributed by atoms with Crippen molar-refractivity contribution in [1.29, 1.82) is 0 Å². The number of amides is 2. The van der Waals surface area contributed by atoms with Crippen molar-refractivity contribution < 1.29 is 4.79 Å². The van der Waals surface area contributed by atoms with Crippen molar-refractivity contribution in [2.45, 2.75) is 45.3 Å². The molecule has 2 aliphatic rings. The molecule has 4 heterocycles. The number of carbonyl (C=O) groups is 1. The molecule has 0 radical (unpaired) electrons. The summed E-state index contributed by atoms with van der Waals surface area (Å²) in [4.78, 5) is 22.2. The van der Waals surface area contributed by atoms with Gasteiger partial charge in [-0.05, 0) is 32.3 Å². The average Bonchev–Trinajstić information content (AvgIpc) is 3.37. The Morgan fingerprint density at radius 1 is 1.38 bits per heavy atom. The van der Waals surface area contributed by atoms with Gasteiger partial charge in [0.05, 0.1) is 22.9 Å². The molecule has 1 N–H and O–H groups in total. The third-order valence-electron chi connectivity index (χ3n) is 5.31. The van der Waals surface area contributed by atoms with Gasteiger partial charge in [-0.25, -0.2) is 9.78 Å². The predicted octanol–water partition coefficient (Wildman–Crippen LogP) is 2.40. The van der Waals surface area contributed by atoms with Crippen LogP contribution < -0.4 is 5.32 Å². The number of hydrogen-bond donors (Lipinski definition) is 1. The predicted molar refractivity (Wildman–Crippen MR) is 101 cm³/mol. The second-order valence-electron chi connectivity index (χ2n) is 7.17. The molecule has 26 heavy (non-hydrogen) atoms. The quantitative estimate of drug-likeness (QED) is 0.873. The van der Waals surface area contributed by atoms with Gasteiger partial charge >= 0.3 is 6.03 Å². The molecule has 2 amide bonds. The van der Waals surface area contributed by atoms with Gasteiger partial charge in [-0.3, -0.25) is 9.58 Å². The average molecular weight is 375 g/mol. The van der Waals surface area contributed by atoms with Crippen molar-refractivity contribution in [3.05, 3.63) is 34.0 Å². The molecule has 1 saturated heterocycles. The van der Waals surface area contributed by atoms with Crippen molar-refractivity contribution in [1.82, 2.24) is 29.9 Å². The third kappa shape index (κ3) is 3.76. The molecular formula is C18H26N6OS. The zero-order valence-corrected chi connectivity index (χ0v) is 16.0. The number of aromatic nitrogens is 3. The monoisotopic (exact) mass is 374 g/mol. The molecule has 8 heteroatoms. The number of hydrogen-bond acceptors (Lipinski definition) is 5. The fourth-order valence-corrected chi connectivity index (χ4v) is 4.68. The highest BCUT2D eigenvalue weighted by atomic mass is 32.1. The summed E-state index contributed by atoms with van der Waals surface area (Å²) < 4.78 is 2.14. The number of aryl methyl sites for hydroxylation is 1. The first-order valence-electron chi connectivity index (χ1n) is 9.37. The molecule has 7 nitrogen and oxygen atoms in total. The smallest absolute Gasteiger partial charge is 0.317 e. The Hall–Kier alpha value is -1.93. The number of thiazole rings is 1. The molecule has 2 aromatic heterocycles. The molecule has 0 aromatic carbocycles. The Labute approximate surface area is 158 Å². The molecule has 1 atom stereocenters. The fraction of sp³-hybridized carbons (Fsp3) is 0.611. The first-order chi connectivity index (χ1) is 12.7. The highest BCUT2D eigenvalue weighted by Gasteiger charge is 2.26. The number of nitrogens with zero attached hydrogens (tertiary/aromatic N) is 5. The molecular weight excluding hydrogens is 348 g/mol. The van der Waals surface area contributed by atoms with Crippen LogP contribution in [0.3, 0.4) is 0 Å². The Balaban J connectivity index is 1.35. The summed E-state index contributed by atoms with van der Waals surface area (Å²) in [6, 6.07) is 2.47. The normalized spacial score (nSPS) is 20.3.